The van der Waals surface area contributed by atoms with Gasteiger partial charge in [-0.05, 0) is 55.3 Å². The van der Waals surface area contributed by atoms with Crippen molar-refractivity contribution in [1.82, 2.24) is 10.2 Å². The SMILES string of the molecule is Cc1ccc(NC(=O)NCC2CCCN(C(=O)c3cc4ccccc4s3)C2)cc1. The summed E-state index contributed by atoms with van der Waals surface area (Å²) in [6, 6.07) is 17.6. The zero-order chi connectivity index (χ0) is 20.2. The minimum Gasteiger partial charge on any atom is -0.338 e. The number of nitrogens with zero attached hydrogens (tertiary/aromatic N) is 1. The van der Waals surface area contributed by atoms with Crippen LogP contribution in [0, 0.1) is 12.8 Å². The van der Waals surface area contributed by atoms with Gasteiger partial charge in [-0.15, -0.1) is 11.3 Å². The molecule has 29 heavy (non-hydrogen) atoms. The molecule has 2 aromatic carbocycles. The lowest BCUT2D eigenvalue weighted by Gasteiger charge is -2.32. The fourth-order valence-electron chi connectivity index (χ4n) is 3.71. The molecule has 0 aliphatic carbocycles. The van der Waals surface area contributed by atoms with E-state index in [1.54, 1.807) is 11.3 Å². The number of hydrogen-bond acceptors (Lipinski definition) is 3. The van der Waals surface area contributed by atoms with E-state index in [4.69, 9.17) is 0 Å². The van der Waals surface area contributed by atoms with Gasteiger partial charge in [-0.1, -0.05) is 35.9 Å². The van der Waals surface area contributed by atoms with Crippen LogP contribution >= 0.6 is 11.3 Å². The molecule has 0 radical (unpaired) electrons. The highest BCUT2D eigenvalue weighted by atomic mass is 32.1. The number of piperidine rings is 1. The Balaban J connectivity index is 1.31. The second-order valence-corrected chi connectivity index (χ2v) is 8.69. The Morgan fingerprint density at radius 2 is 1.93 bits per heavy atom. The molecule has 3 aromatic rings. The highest BCUT2D eigenvalue weighted by Gasteiger charge is 2.25. The van der Waals surface area contributed by atoms with E-state index in [9.17, 15) is 9.59 Å². The van der Waals surface area contributed by atoms with Crippen molar-refractivity contribution in [2.24, 2.45) is 5.92 Å². The molecule has 4 rings (SSSR count). The van der Waals surface area contributed by atoms with Crippen LogP contribution in [-0.4, -0.2) is 36.5 Å². The maximum atomic E-state index is 13.0. The van der Waals surface area contributed by atoms with Gasteiger partial charge in [0.15, 0.2) is 0 Å². The molecule has 0 bridgehead atoms. The highest BCUT2D eigenvalue weighted by molar-refractivity contribution is 7.20. The number of hydrogen-bond donors (Lipinski definition) is 2. The van der Waals surface area contributed by atoms with E-state index in [-0.39, 0.29) is 17.9 Å². The number of fused-ring (bicyclic) bond motifs is 1. The Hall–Kier alpha value is -2.86. The molecule has 0 saturated carbocycles. The molecule has 1 fully saturated rings. The third-order valence-corrected chi connectivity index (χ3v) is 6.41. The van der Waals surface area contributed by atoms with Gasteiger partial charge in [0.25, 0.3) is 5.91 Å². The van der Waals surface area contributed by atoms with Crippen molar-refractivity contribution in [1.29, 1.82) is 0 Å². The van der Waals surface area contributed by atoms with E-state index >= 15 is 0 Å². The molecule has 1 unspecified atom stereocenters. The quantitative estimate of drug-likeness (QED) is 0.647. The molecule has 2 N–H and O–H groups in total. The molecule has 1 saturated heterocycles. The summed E-state index contributed by atoms with van der Waals surface area (Å²) in [7, 11) is 0. The van der Waals surface area contributed by atoms with E-state index in [1.165, 1.54) is 0 Å². The number of nitrogens with one attached hydrogen (secondary N) is 2. The first-order valence-electron chi connectivity index (χ1n) is 9.98. The summed E-state index contributed by atoms with van der Waals surface area (Å²) in [5.74, 6) is 0.367. The minimum absolute atomic E-state index is 0.0972. The van der Waals surface area contributed by atoms with Crippen LogP contribution in [0.15, 0.2) is 54.6 Å². The van der Waals surface area contributed by atoms with Crippen LogP contribution in [0.5, 0.6) is 0 Å². The number of likely N-dealkylation sites (tertiary alicyclic amines) is 1. The number of rotatable bonds is 4. The maximum Gasteiger partial charge on any atom is 0.319 e. The summed E-state index contributed by atoms with van der Waals surface area (Å²) in [6.07, 6.45) is 1.98. The average Bonchev–Trinajstić information content (AvgIpc) is 3.18. The molecule has 150 valence electrons. The van der Waals surface area contributed by atoms with Crippen molar-refractivity contribution in [3.63, 3.8) is 0 Å². The fraction of sp³-hybridized carbons (Fsp3) is 0.304. The first kappa shape index (κ1) is 19.5. The van der Waals surface area contributed by atoms with Crippen LogP contribution in [0.3, 0.4) is 0 Å². The van der Waals surface area contributed by atoms with Crippen molar-refractivity contribution >= 4 is 39.0 Å². The van der Waals surface area contributed by atoms with Crippen molar-refractivity contribution in [3.05, 3.63) is 65.0 Å². The molecule has 0 spiro atoms. The second-order valence-electron chi connectivity index (χ2n) is 7.61. The Labute approximate surface area is 174 Å². The van der Waals surface area contributed by atoms with Crippen LogP contribution in [0.1, 0.15) is 28.1 Å². The van der Waals surface area contributed by atoms with Crippen LogP contribution in [0.2, 0.25) is 0 Å². The summed E-state index contributed by atoms with van der Waals surface area (Å²) in [6.45, 7) is 4.03. The number of carbonyl (C=O) groups excluding carboxylic acids is 2. The topological polar surface area (TPSA) is 61.4 Å². The monoisotopic (exact) mass is 407 g/mol. The number of carbonyl (C=O) groups is 2. The van der Waals surface area contributed by atoms with Crippen molar-refractivity contribution in [3.8, 4) is 0 Å². The van der Waals surface area contributed by atoms with Crippen LogP contribution in [-0.2, 0) is 0 Å². The summed E-state index contributed by atoms with van der Waals surface area (Å²) < 4.78 is 1.14. The third kappa shape index (κ3) is 4.77. The lowest BCUT2D eigenvalue weighted by molar-refractivity contribution is 0.0680. The largest absolute Gasteiger partial charge is 0.338 e. The fourth-order valence-corrected chi connectivity index (χ4v) is 4.74. The third-order valence-electron chi connectivity index (χ3n) is 5.30. The summed E-state index contributed by atoms with van der Waals surface area (Å²) in [4.78, 5) is 27.9. The van der Waals surface area contributed by atoms with E-state index in [0.29, 0.717) is 13.1 Å². The lowest BCUT2D eigenvalue weighted by atomic mass is 9.98. The molecular weight excluding hydrogens is 382 g/mol. The van der Waals surface area contributed by atoms with Gasteiger partial charge in [-0.25, -0.2) is 4.79 Å². The van der Waals surface area contributed by atoms with Gasteiger partial charge < -0.3 is 15.5 Å². The molecular formula is C23H25N3O2S. The molecule has 1 atom stereocenters. The second kappa shape index (κ2) is 8.66. The van der Waals surface area contributed by atoms with Crippen molar-refractivity contribution in [2.75, 3.05) is 25.0 Å². The Kier molecular flexibility index (Phi) is 5.81. The number of anilines is 1. The normalized spacial score (nSPS) is 16.6. The van der Waals surface area contributed by atoms with E-state index < -0.39 is 0 Å². The number of thiophene rings is 1. The number of amides is 3. The standard InChI is InChI=1S/C23H25N3O2S/c1-16-8-10-19(11-9-16)25-23(28)24-14-17-5-4-12-26(15-17)22(27)21-13-18-6-2-3-7-20(18)29-21/h2-3,6-11,13,17H,4-5,12,14-15H2,1H3,(H2,24,25,28). The first-order chi connectivity index (χ1) is 14.1. The Bertz CT molecular complexity index is 979. The van der Waals surface area contributed by atoms with Gasteiger partial charge in [-0.3, -0.25) is 4.79 Å². The van der Waals surface area contributed by atoms with E-state index in [2.05, 4.69) is 10.6 Å². The lowest BCUT2D eigenvalue weighted by Crippen LogP contribution is -2.44. The minimum atomic E-state index is -0.207. The van der Waals surface area contributed by atoms with Gasteiger partial charge >= 0.3 is 6.03 Å². The van der Waals surface area contributed by atoms with Crippen LogP contribution < -0.4 is 10.6 Å². The first-order valence-corrected chi connectivity index (χ1v) is 10.8. The van der Waals surface area contributed by atoms with Crippen LogP contribution in [0.4, 0.5) is 10.5 Å². The molecule has 1 aliphatic heterocycles. The van der Waals surface area contributed by atoms with Crippen molar-refractivity contribution < 1.29 is 9.59 Å². The number of benzene rings is 2. The molecule has 1 aromatic heterocycles. The summed E-state index contributed by atoms with van der Waals surface area (Å²) in [5.41, 5.74) is 1.93. The Morgan fingerprint density at radius 1 is 1.14 bits per heavy atom. The molecule has 1 aliphatic rings. The van der Waals surface area contributed by atoms with Gasteiger partial charge in [0.1, 0.15) is 0 Å². The van der Waals surface area contributed by atoms with E-state index in [1.807, 2.05) is 66.4 Å². The zero-order valence-electron chi connectivity index (χ0n) is 16.5. The molecule has 3 amide bonds. The maximum absolute atomic E-state index is 13.0. The van der Waals surface area contributed by atoms with Gasteiger partial charge in [0, 0.05) is 30.0 Å². The van der Waals surface area contributed by atoms with Crippen molar-refractivity contribution in [2.45, 2.75) is 19.8 Å². The predicted octanol–water partition coefficient (Wildman–Crippen LogP) is 4.88. The Morgan fingerprint density at radius 3 is 2.72 bits per heavy atom. The van der Waals surface area contributed by atoms with Gasteiger partial charge in [0.2, 0.25) is 0 Å². The smallest absolute Gasteiger partial charge is 0.319 e. The predicted molar refractivity (Wildman–Crippen MR) is 119 cm³/mol. The summed E-state index contributed by atoms with van der Waals surface area (Å²) >= 11 is 1.55. The summed E-state index contributed by atoms with van der Waals surface area (Å²) in [5, 5.41) is 6.92. The molecule has 5 nitrogen and oxygen atoms in total. The molecule has 6 heteroatoms. The van der Waals surface area contributed by atoms with E-state index in [0.717, 1.165) is 45.6 Å². The van der Waals surface area contributed by atoms with Gasteiger partial charge in [0.05, 0.1) is 4.88 Å². The van der Waals surface area contributed by atoms with Gasteiger partial charge in [-0.2, -0.15) is 0 Å². The number of urea groups is 1. The average molecular weight is 408 g/mol. The highest BCUT2D eigenvalue weighted by Crippen LogP contribution is 2.27. The zero-order valence-corrected chi connectivity index (χ0v) is 17.3. The van der Waals surface area contributed by atoms with Crippen LogP contribution in [0.25, 0.3) is 10.1 Å². The number of aryl methyl sites for hydroxylation is 1. The molecule has 2 heterocycles.